The Morgan fingerprint density at radius 1 is 1.28 bits per heavy atom. The van der Waals surface area contributed by atoms with E-state index in [0.717, 1.165) is 47.5 Å². The van der Waals surface area contributed by atoms with Gasteiger partial charge in [-0.2, -0.15) is 10.4 Å². The van der Waals surface area contributed by atoms with Gasteiger partial charge in [0, 0.05) is 43.2 Å². The van der Waals surface area contributed by atoms with Gasteiger partial charge in [-0.15, -0.1) is 0 Å². The summed E-state index contributed by atoms with van der Waals surface area (Å²) >= 11 is 0. The summed E-state index contributed by atoms with van der Waals surface area (Å²) in [5.41, 5.74) is 6.35. The van der Waals surface area contributed by atoms with Crippen LogP contribution >= 0.6 is 0 Å². The fraction of sp³-hybridized carbons (Fsp3) is 0.333. The van der Waals surface area contributed by atoms with Gasteiger partial charge in [-0.1, -0.05) is 6.07 Å². The molecule has 1 aromatic carbocycles. The molecule has 1 saturated heterocycles. The van der Waals surface area contributed by atoms with Crippen molar-refractivity contribution in [2.75, 3.05) is 19.7 Å². The number of nitrogens with zero attached hydrogens (tertiary/aromatic N) is 5. The van der Waals surface area contributed by atoms with Crippen LogP contribution in [0.4, 0.5) is 0 Å². The van der Waals surface area contributed by atoms with E-state index in [-0.39, 0.29) is 12.1 Å². The summed E-state index contributed by atoms with van der Waals surface area (Å²) in [7, 11) is 0. The van der Waals surface area contributed by atoms with E-state index in [2.05, 4.69) is 21.1 Å². The van der Waals surface area contributed by atoms with Gasteiger partial charge < -0.3 is 9.47 Å². The van der Waals surface area contributed by atoms with Crippen LogP contribution in [0.5, 0.6) is 0 Å². The van der Waals surface area contributed by atoms with Crippen molar-refractivity contribution in [3.05, 3.63) is 75.7 Å². The first-order valence-corrected chi connectivity index (χ1v) is 10.6. The SMILES string of the molecule is Cc1cc(-n2cc(CN3CCOC(c4ccc5c(c4C)COC5=O)C3)cn2)ncc1C#N. The normalized spacial score (nSPS) is 18.3. The van der Waals surface area contributed by atoms with Gasteiger partial charge in [0.1, 0.15) is 12.7 Å². The minimum atomic E-state index is -0.246. The third-order valence-electron chi connectivity index (χ3n) is 6.20. The van der Waals surface area contributed by atoms with Crippen molar-refractivity contribution in [2.45, 2.75) is 33.1 Å². The van der Waals surface area contributed by atoms with E-state index in [1.807, 2.05) is 44.4 Å². The molecule has 3 aromatic rings. The highest BCUT2D eigenvalue weighted by atomic mass is 16.5. The van der Waals surface area contributed by atoms with Crippen molar-refractivity contribution in [1.82, 2.24) is 19.7 Å². The van der Waals surface area contributed by atoms with Crippen molar-refractivity contribution >= 4 is 5.97 Å². The van der Waals surface area contributed by atoms with E-state index in [1.165, 1.54) is 0 Å². The average Bonchev–Trinajstić information content (AvgIpc) is 3.41. The predicted molar refractivity (Wildman–Crippen MR) is 115 cm³/mol. The number of carbonyl (C=O) groups is 1. The third-order valence-corrected chi connectivity index (χ3v) is 6.20. The van der Waals surface area contributed by atoms with E-state index in [9.17, 15) is 4.79 Å². The zero-order chi connectivity index (χ0) is 22.2. The molecule has 0 amide bonds. The maximum absolute atomic E-state index is 11.8. The molecule has 2 aromatic heterocycles. The lowest BCUT2D eigenvalue weighted by atomic mass is 9.94. The van der Waals surface area contributed by atoms with Gasteiger partial charge in [0.2, 0.25) is 0 Å². The number of ether oxygens (including phenoxy) is 2. The van der Waals surface area contributed by atoms with Crippen LogP contribution in [0.15, 0.2) is 36.8 Å². The Bertz CT molecular complexity index is 1240. The minimum absolute atomic E-state index is 0.0531. The summed E-state index contributed by atoms with van der Waals surface area (Å²) in [6.45, 7) is 7.25. The second-order valence-corrected chi connectivity index (χ2v) is 8.24. The molecule has 5 rings (SSSR count). The molecule has 0 aliphatic carbocycles. The number of rotatable bonds is 4. The molecular formula is C24H23N5O3. The van der Waals surface area contributed by atoms with Crippen molar-refractivity contribution in [2.24, 2.45) is 0 Å². The number of carbonyl (C=O) groups excluding carboxylic acids is 1. The van der Waals surface area contributed by atoms with E-state index >= 15 is 0 Å². The second-order valence-electron chi connectivity index (χ2n) is 8.24. The van der Waals surface area contributed by atoms with Crippen LogP contribution in [0.25, 0.3) is 5.82 Å². The van der Waals surface area contributed by atoms with Crippen LogP contribution < -0.4 is 0 Å². The fourth-order valence-corrected chi connectivity index (χ4v) is 4.36. The molecule has 8 heteroatoms. The summed E-state index contributed by atoms with van der Waals surface area (Å²) in [5.74, 6) is 0.447. The van der Waals surface area contributed by atoms with E-state index in [0.29, 0.717) is 30.2 Å². The van der Waals surface area contributed by atoms with E-state index in [1.54, 1.807) is 10.9 Å². The monoisotopic (exact) mass is 429 g/mol. The van der Waals surface area contributed by atoms with E-state index < -0.39 is 0 Å². The zero-order valence-electron chi connectivity index (χ0n) is 18.0. The molecule has 0 spiro atoms. The molecule has 0 radical (unpaired) electrons. The number of pyridine rings is 1. The zero-order valence-corrected chi connectivity index (χ0v) is 18.0. The number of aromatic nitrogens is 3. The number of benzene rings is 1. The molecule has 8 nitrogen and oxygen atoms in total. The lowest BCUT2D eigenvalue weighted by Crippen LogP contribution is -2.38. The lowest BCUT2D eigenvalue weighted by molar-refractivity contribution is -0.0332. The number of fused-ring (bicyclic) bond motifs is 1. The molecule has 32 heavy (non-hydrogen) atoms. The smallest absolute Gasteiger partial charge is 0.338 e. The number of nitriles is 1. The molecule has 0 bridgehead atoms. The Labute approximate surface area is 186 Å². The fourth-order valence-electron chi connectivity index (χ4n) is 4.36. The van der Waals surface area contributed by atoms with Crippen LogP contribution in [0, 0.1) is 25.2 Å². The minimum Gasteiger partial charge on any atom is -0.457 e. The summed E-state index contributed by atoms with van der Waals surface area (Å²) in [5, 5.41) is 13.5. The summed E-state index contributed by atoms with van der Waals surface area (Å²) in [4.78, 5) is 18.5. The second kappa shape index (κ2) is 8.19. The number of hydrogen-bond acceptors (Lipinski definition) is 7. The predicted octanol–water partition coefficient (Wildman–Crippen LogP) is 3.00. The van der Waals surface area contributed by atoms with Crippen molar-refractivity contribution in [3.63, 3.8) is 0 Å². The Morgan fingerprint density at radius 2 is 2.16 bits per heavy atom. The Morgan fingerprint density at radius 3 is 2.97 bits per heavy atom. The molecule has 1 fully saturated rings. The molecule has 2 aliphatic heterocycles. The van der Waals surface area contributed by atoms with E-state index in [4.69, 9.17) is 14.7 Å². The Hall–Kier alpha value is -3.54. The number of cyclic esters (lactones) is 1. The first-order valence-electron chi connectivity index (χ1n) is 10.6. The van der Waals surface area contributed by atoms with Gasteiger partial charge in [-0.25, -0.2) is 14.5 Å². The largest absolute Gasteiger partial charge is 0.457 e. The van der Waals surface area contributed by atoms with Gasteiger partial charge in [0.15, 0.2) is 5.82 Å². The Balaban J connectivity index is 1.30. The molecule has 2 aliphatic rings. The molecule has 162 valence electrons. The molecule has 0 N–H and O–H groups in total. The highest BCUT2D eigenvalue weighted by molar-refractivity contribution is 5.93. The van der Waals surface area contributed by atoms with Gasteiger partial charge >= 0.3 is 5.97 Å². The van der Waals surface area contributed by atoms with Crippen LogP contribution in [0.1, 0.15) is 49.8 Å². The summed E-state index contributed by atoms with van der Waals surface area (Å²) < 4.78 is 13.0. The summed E-state index contributed by atoms with van der Waals surface area (Å²) in [6, 6.07) is 7.85. The van der Waals surface area contributed by atoms with Crippen LogP contribution in [0.2, 0.25) is 0 Å². The molecule has 1 unspecified atom stereocenters. The number of esters is 1. The highest BCUT2D eigenvalue weighted by Crippen LogP contribution is 2.32. The topological polar surface area (TPSA) is 93.3 Å². The standard InChI is InChI=1S/C24H23N5O3/c1-15-7-23(26-10-18(15)8-25)29-12-17(9-27-29)11-28-5-6-31-22(13-28)19-3-4-20-21(16(19)2)14-32-24(20)30/h3-4,7,9-10,12,22H,5-6,11,13-14H2,1-2H3. The first kappa shape index (κ1) is 20.4. The molecule has 0 saturated carbocycles. The average molecular weight is 429 g/mol. The van der Waals surface area contributed by atoms with Crippen LogP contribution in [0.3, 0.4) is 0 Å². The third kappa shape index (κ3) is 3.66. The van der Waals surface area contributed by atoms with Crippen molar-refractivity contribution < 1.29 is 14.3 Å². The number of aryl methyl sites for hydroxylation is 1. The Kier molecular flexibility index (Phi) is 5.21. The molecular weight excluding hydrogens is 406 g/mol. The first-order chi connectivity index (χ1) is 15.5. The van der Waals surface area contributed by atoms with Crippen molar-refractivity contribution in [3.8, 4) is 11.9 Å². The summed E-state index contributed by atoms with van der Waals surface area (Å²) in [6.07, 6.45) is 5.35. The van der Waals surface area contributed by atoms with Crippen LogP contribution in [-0.2, 0) is 22.6 Å². The number of morpholine rings is 1. The highest BCUT2D eigenvalue weighted by Gasteiger charge is 2.29. The quantitative estimate of drug-likeness (QED) is 0.589. The van der Waals surface area contributed by atoms with Gasteiger partial charge in [-0.3, -0.25) is 4.90 Å². The van der Waals surface area contributed by atoms with Crippen molar-refractivity contribution in [1.29, 1.82) is 5.26 Å². The maximum atomic E-state index is 11.8. The van der Waals surface area contributed by atoms with Gasteiger partial charge in [0.05, 0.1) is 30.0 Å². The number of hydrogen-bond donors (Lipinski definition) is 0. The molecule has 1 atom stereocenters. The molecule has 4 heterocycles. The van der Waals surface area contributed by atoms with Gasteiger partial charge in [-0.05, 0) is 42.7 Å². The lowest BCUT2D eigenvalue weighted by Gasteiger charge is -2.33. The maximum Gasteiger partial charge on any atom is 0.338 e. The van der Waals surface area contributed by atoms with Gasteiger partial charge in [0.25, 0.3) is 0 Å². The van der Waals surface area contributed by atoms with Crippen LogP contribution in [-0.4, -0.2) is 45.3 Å².